The number of amides is 1. The van der Waals surface area contributed by atoms with Gasteiger partial charge < -0.3 is 16.0 Å². The number of fused-ring (bicyclic) bond motifs is 2. The molecule has 1 aromatic carbocycles. The summed E-state index contributed by atoms with van der Waals surface area (Å²) in [5, 5.41) is 3.76. The van der Waals surface area contributed by atoms with Gasteiger partial charge in [0.2, 0.25) is 0 Å². The highest BCUT2D eigenvalue weighted by molar-refractivity contribution is 6.34. The van der Waals surface area contributed by atoms with Gasteiger partial charge in [0, 0.05) is 40.1 Å². The molecule has 4 N–H and O–H groups in total. The van der Waals surface area contributed by atoms with Gasteiger partial charge in [-0.05, 0) is 36.4 Å². The molecule has 0 fully saturated rings. The molecule has 1 aliphatic heterocycles. The molecule has 0 atom stereocenters. The van der Waals surface area contributed by atoms with E-state index in [2.05, 4.69) is 15.3 Å². The number of nitrogens with zero attached hydrogens (tertiary/aromatic N) is 1. The van der Waals surface area contributed by atoms with Crippen LogP contribution in [0.5, 0.6) is 0 Å². The second kappa shape index (κ2) is 4.21. The summed E-state index contributed by atoms with van der Waals surface area (Å²) in [5.74, 6) is 0.468. The van der Waals surface area contributed by atoms with E-state index in [9.17, 15) is 4.79 Å². The number of benzene rings is 1. The molecule has 0 radical (unpaired) electrons. The van der Waals surface area contributed by atoms with Gasteiger partial charge in [-0.3, -0.25) is 4.79 Å². The summed E-state index contributed by atoms with van der Waals surface area (Å²) < 4.78 is 0. The van der Waals surface area contributed by atoms with E-state index in [1.54, 1.807) is 6.20 Å². The number of nitrogens with one attached hydrogen (secondary N) is 2. The maximum atomic E-state index is 12.1. The summed E-state index contributed by atoms with van der Waals surface area (Å²) in [6.45, 7) is 0. The van der Waals surface area contributed by atoms with Gasteiger partial charge in [0.1, 0.15) is 5.82 Å². The van der Waals surface area contributed by atoms with Gasteiger partial charge in [-0.2, -0.15) is 0 Å². The number of aromatic nitrogens is 2. The highest BCUT2D eigenvalue weighted by Crippen LogP contribution is 2.32. The normalized spacial score (nSPS) is 15.4. The zero-order chi connectivity index (χ0) is 14.4. The van der Waals surface area contributed by atoms with Crippen LogP contribution >= 0.6 is 0 Å². The van der Waals surface area contributed by atoms with Crippen LogP contribution in [0.25, 0.3) is 22.6 Å². The monoisotopic (exact) mass is 276 g/mol. The third-order valence-corrected chi connectivity index (χ3v) is 3.61. The molecule has 2 aromatic heterocycles. The molecule has 3 heterocycles. The van der Waals surface area contributed by atoms with Crippen molar-refractivity contribution in [3.63, 3.8) is 0 Å². The largest absolute Gasteiger partial charge is 0.399 e. The highest BCUT2D eigenvalue weighted by atomic mass is 16.2. The van der Waals surface area contributed by atoms with Gasteiger partial charge in [-0.15, -0.1) is 0 Å². The number of nitrogens with two attached hydrogens (primary N) is 1. The summed E-state index contributed by atoms with van der Waals surface area (Å²) in [4.78, 5) is 19.5. The zero-order valence-corrected chi connectivity index (χ0v) is 11.1. The molecule has 4 rings (SSSR count). The maximum Gasteiger partial charge on any atom is 0.257 e. The van der Waals surface area contributed by atoms with E-state index < -0.39 is 0 Å². The second-order valence-electron chi connectivity index (χ2n) is 4.96. The molecule has 3 aromatic rings. The van der Waals surface area contributed by atoms with E-state index in [1.165, 1.54) is 0 Å². The first-order valence-corrected chi connectivity index (χ1v) is 6.57. The highest BCUT2D eigenvalue weighted by Gasteiger charge is 2.24. The van der Waals surface area contributed by atoms with Crippen molar-refractivity contribution in [2.45, 2.75) is 0 Å². The minimum Gasteiger partial charge on any atom is -0.399 e. The minimum atomic E-state index is -0.137. The molecule has 102 valence electrons. The molecule has 5 heteroatoms. The van der Waals surface area contributed by atoms with E-state index >= 15 is 0 Å². The van der Waals surface area contributed by atoms with Crippen LogP contribution in [0.2, 0.25) is 0 Å². The molecule has 0 saturated carbocycles. The lowest BCUT2D eigenvalue weighted by atomic mass is 10.0. The van der Waals surface area contributed by atoms with Crippen LogP contribution in [0.4, 0.5) is 11.5 Å². The van der Waals surface area contributed by atoms with Gasteiger partial charge in [0.05, 0.1) is 5.57 Å². The Kier molecular flexibility index (Phi) is 2.35. The lowest BCUT2D eigenvalue weighted by molar-refractivity contribution is -0.110. The summed E-state index contributed by atoms with van der Waals surface area (Å²) >= 11 is 0. The van der Waals surface area contributed by atoms with Crippen molar-refractivity contribution in [2.24, 2.45) is 0 Å². The number of H-pyrrole nitrogens is 1. The van der Waals surface area contributed by atoms with Crippen molar-refractivity contribution in [3.05, 3.63) is 53.9 Å². The molecule has 1 amide bonds. The second-order valence-corrected chi connectivity index (χ2v) is 4.96. The lowest BCUT2D eigenvalue weighted by Crippen LogP contribution is -2.04. The number of carbonyl (C=O) groups excluding carboxylic acids is 1. The number of anilines is 2. The summed E-state index contributed by atoms with van der Waals surface area (Å²) in [6.07, 6.45) is 5.40. The Labute approximate surface area is 120 Å². The number of hydrogen-bond donors (Lipinski definition) is 3. The van der Waals surface area contributed by atoms with Crippen LogP contribution in [0.3, 0.4) is 0 Å². The number of rotatable bonds is 1. The molecule has 0 spiro atoms. The molecule has 0 bridgehead atoms. The Balaban J connectivity index is 1.91. The minimum absolute atomic E-state index is 0.137. The van der Waals surface area contributed by atoms with Crippen molar-refractivity contribution >= 4 is 40.0 Å². The zero-order valence-electron chi connectivity index (χ0n) is 11.1. The van der Waals surface area contributed by atoms with Crippen LogP contribution in [-0.2, 0) is 4.79 Å². The topological polar surface area (TPSA) is 83.8 Å². The third kappa shape index (κ3) is 1.79. The molecule has 0 unspecified atom stereocenters. The predicted molar refractivity (Wildman–Crippen MR) is 83.4 cm³/mol. The number of hydrogen-bond acceptors (Lipinski definition) is 3. The van der Waals surface area contributed by atoms with Crippen molar-refractivity contribution in [3.8, 4) is 0 Å². The van der Waals surface area contributed by atoms with E-state index in [0.29, 0.717) is 17.1 Å². The molecule has 1 aliphatic rings. The lowest BCUT2D eigenvalue weighted by Gasteiger charge is -1.98. The van der Waals surface area contributed by atoms with E-state index in [1.807, 2.05) is 42.6 Å². The third-order valence-electron chi connectivity index (χ3n) is 3.61. The Morgan fingerprint density at radius 1 is 1.24 bits per heavy atom. The average molecular weight is 276 g/mol. The molecule has 5 nitrogen and oxygen atoms in total. The summed E-state index contributed by atoms with van der Waals surface area (Å²) in [5.41, 5.74) is 9.88. The van der Waals surface area contributed by atoms with Crippen LogP contribution in [0.15, 0.2) is 42.7 Å². The first kappa shape index (κ1) is 11.7. The quantitative estimate of drug-likeness (QED) is 0.472. The van der Waals surface area contributed by atoms with Gasteiger partial charge >= 0.3 is 0 Å². The number of carbonyl (C=O) groups is 1. The van der Waals surface area contributed by atoms with Crippen LogP contribution < -0.4 is 11.1 Å². The SMILES string of the molecule is Nc1ccc2[nH]cc(C=C3C(=O)Nc4ncccc43)c2c1. The van der Waals surface area contributed by atoms with Crippen molar-refractivity contribution in [1.82, 2.24) is 9.97 Å². The molecular weight excluding hydrogens is 264 g/mol. The van der Waals surface area contributed by atoms with Crippen molar-refractivity contribution in [2.75, 3.05) is 11.1 Å². The first-order valence-electron chi connectivity index (χ1n) is 6.57. The molecule has 0 aliphatic carbocycles. The number of nitrogen functional groups attached to an aromatic ring is 1. The predicted octanol–water partition coefficient (Wildman–Crippen LogP) is 2.64. The fourth-order valence-corrected chi connectivity index (χ4v) is 2.60. The van der Waals surface area contributed by atoms with E-state index in [4.69, 9.17) is 5.73 Å². The van der Waals surface area contributed by atoms with Crippen LogP contribution in [0, 0.1) is 0 Å². The van der Waals surface area contributed by atoms with Crippen molar-refractivity contribution < 1.29 is 4.79 Å². The average Bonchev–Trinajstić information content (AvgIpc) is 3.01. The Morgan fingerprint density at radius 2 is 2.14 bits per heavy atom. The molecule has 0 saturated heterocycles. The van der Waals surface area contributed by atoms with Crippen molar-refractivity contribution in [1.29, 1.82) is 0 Å². The first-order chi connectivity index (χ1) is 10.2. The number of aromatic amines is 1. The Bertz CT molecular complexity index is 908. The van der Waals surface area contributed by atoms with Gasteiger partial charge in [0.25, 0.3) is 5.91 Å². The Hall–Kier alpha value is -3.08. The van der Waals surface area contributed by atoms with Crippen LogP contribution in [-0.4, -0.2) is 15.9 Å². The van der Waals surface area contributed by atoms with E-state index in [-0.39, 0.29) is 5.91 Å². The number of pyridine rings is 1. The van der Waals surface area contributed by atoms with Crippen LogP contribution in [0.1, 0.15) is 11.1 Å². The smallest absolute Gasteiger partial charge is 0.257 e. The summed E-state index contributed by atoms with van der Waals surface area (Å²) in [6, 6.07) is 9.37. The molecular formula is C16H12N4O. The van der Waals surface area contributed by atoms with Gasteiger partial charge in [0.15, 0.2) is 0 Å². The summed E-state index contributed by atoms with van der Waals surface area (Å²) in [7, 11) is 0. The van der Waals surface area contributed by atoms with Gasteiger partial charge in [-0.25, -0.2) is 4.98 Å². The molecule has 21 heavy (non-hydrogen) atoms. The maximum absolute atomic E-state index is 12.1. The standard InChI is InChI=1S/C16H12N4O/c17-10-3-4-14-12(7-10)9(8-19-14)6-13-11-2-1-5-18-15(11)20-16(13)21/h1-8,19H,17H2,(H,18,20,21). The van der Waals surface area contributed by atoms with Gasteiger partial charge in [-0.1, -0.05) is 0 Å². The fourth-order valence-electron chi connectivity index (χ4n) is 2.60. The fraction of sp³-hybridized carbons (Fsp3) is 0. The Morgan fingerprint density at radius 3 is 3.05 bits per heavy atom. The van der Waals surface area contributed by atoms with E-state index in [0.717, 1.165) is 22.0 Å².